The van der Waals surface area contributed by atoms with Gasteiger partial charge < -0.3 is 0 Å². The van der Waals surface area contributed by atoms with Crippen LogP contribution in [0.1, 0.15) is 0 Å². The second kappa shape index (κ2) is 5.28. The second-order valence-corrected chi connectivity index (χ2v) is 3.98. The summed E-state index contributed by atoms with van der Waals surface area (Å²) >= 11 is 0. The molecule has 80 valence electrons. The quantitative estimate of drug-likeness (QED) is 0.719. The Bertz CT molecular complexity index is 448. The average Bonchev–Trinajstić information content (AvgIpc) is 2.76. The molecule has 1 aromatic heterocycles. The first-order valence-electron chi connectivity index (χ1n) is 4.07. The number of hydrogen-bond acceptors (Lipinski definition) is 3. The van der Waals surface area contributed by atoms with Gasteiger partial charge in [-0.1, -0.05) is 18.2 Å². The molecule has 0 saturated heterocycles. The molecule has 15 heavy (non-hydrogen) atoms. The van der Waals surface area contributed by atoms with Gasteiger partial charge in [-0.25, -0.2) is 0 Å². The molecule has 0 aliphatic heterocycles. The van der Waals surface area contributed by atoms with Crippen LogP contribution in [-0.2, 0) is 10.1 Å². The maximum Gasteiger partial charge on any atom is 0.294 e. The highest BCUT2D eigenvalue weighted by atomic mass is 32.2. The first-order chi connectivity index (χ1) is 7.11. The van der Waals surface area contributed by atoms with Crippen LogP contribution in [0.3, 0.4) is 0 Å². The van der Waals surface area contributed by atoms with Gasteiger partial charge in [0.05, 0.1) is 4.90 Å². The van der Waals surface area contributed by atoms with Crippen molar-refractivity contribution in [3.63, 3.8) is 0 Å². The highest BCUT2D eigenvalue weighted by Gasteiger charge is 2.05. The molecule has 0 unspecified atom stereocenters. The molecule has 0 aliphatic carbocycles. The molecule has 0 fully saturated rings. The topological polar surface area (TPSA) is 83.1 Å². The van der Waals surface area contributed by atoms with Crippen molar-refractivity contribution in [1.82, 2.24) is 10.2 Å². The fraction of sp³-hybridized carbons (Fsp3) is 0. The Balaban J connectivity index is 0.000000187. The zero-order valence-electron chi connectivity index (χ0n) is 7.74. The Morgan fingerprint density at radius 3 is 2.07 bits per heavy atom. The monoisotopic (exact) mass is 226 g/mol. The fourth-order valence-electron chi connectivity index (χ4n) is 0.808. The smallest absolute Gasteiger partial charge is 0.286 e. The van der Waals surface area contributed by atoms with Crippen molar-refractivity contribution in [2.45, 2.75) is 4.90 Å². The minimum atomic E-state index is -4.00. The number of H-pyrrole nitrogens is 1. The van der Waals surface area contributed by atoms with Gasteiger partial charge in [-0.3, -0.25) is 9.65 Å². The molecule has 2 N–H and O–H groups in total. The number of aromatic amines is 1. The van der Waals surface area contributed by atoms with E-state index in [1.807, 2.05) is 6.07 Å². The normalized spacial score (nSPS) is 10.2. The van der Waals surface area contributed by atoms with Crippen LogP contribution >= 0.6 is 0 Å². The molecule has 0 aliphatic rings. The molecule has 2 rings (SSSR count). The van der Waals surface area contributed by atoms with E-state index in [4.69, 9.17) is 4.55 Å². The van der Waals surface area contributed by atoms with Crippen LogP contribution in [0, 0.1) is 0 Å². The highest BCUT2D eigenvalue weighted by Crippen LogP contribution is 2.05. The number of aromatic nitrogens is 2. The lowest BCUT2D eigenvalue weighted by atomic mass is 10.4. The molecule has 0 saturated carbocycles. The molecule has 2 aromatic rings. The standard InChI is InChI=1S/C6H6O3S.C3H4N2/c7-10(8,9)6-4-2-1-3-5-6;1-2-4-5-3-1/h1-5H,(H,7,8,9);1-3H,(H,4,5). The third kappa shape index (κ3) is 4.39. The van der Waals surface area contributed by atoms with E-state index in [1.165, 1.54) is 12.1 Å². The first-order valence-corrected chi connectivity index (χ1v) is 5.51. The van der Waals surface area contributed by atoms with Crippen LogP contribution in [0.5, 0.6) is 0 Å². The van der Waals surface area contributed by atoms with E-state index >= 15 is 0 Å². The van der Waals surface area contributed by atoms with E-state index in [1.54, 1.807) is 30.6 Å². The van der Waals surface area contributed by atoms with E-state index in [2.05, 4.69) is 10.2 Å². The molecule has 1 aromatic carbocycles. The minimum Gasteiger partial charge on any atom is -0.286 e. The van der Waals surface area contributed by atoms with Crippen LogP contribution in [-0.4, -0.2) is 23.2 Å². The Morgan fingerprint density at radius 2 is 1.80 bits per heavy atom. The zero-order chi connectivity index (χ0) is 11.1. The van der Waals surface area contributed by atoms with E-state index in [0.717, 1.165) is 0 Å². The molecular formula is C9H10N2O3S. The molecule has 0 atom stereocenters. The van der Waals surface area contributed by atoms with Gasteiger partial charge >= 0.3 is 0 Å². The summed E-state index contributed by atoms with van der Waals surface area (Å²) in [5, 5.41) is 6.21. The third-order valence-corrected chi connectivity index (χ3v) is 2.31. The molecule has 0 radical (unpaired) electrons. The lowest BCUT2D eigenvalue weighted by Gasteiger charge is -1.92. The van der Waals surface area contributed by atoms with Crippen molar-refractivity contribution in [2.24, 2.45) is 0 Å². The van der Waals surface area contributed by atoms with Crippen molar-refractivity contribution >= 4 is 10.1 Å². The van der Waals surface area contributed by atoms with E-state index in [9.17, 15) is 8.42 Å². The fourth-order valence-corrected chi connectivity index (χ4v) is 1.31. The Kier molecular flexibility index (Phi) is 4.02. The van der Waals surface area contributed by atoms with Gasteiger partial charge in [-0.15, -0.1) is 0 Å². The molecule has 0 bridgehead atoms. The van der Waals surface area contributed by atoms with E-state index in [0.29, 0.717) is 0 Å². The number of rotatable bonds is 1. The van der Waals surface area contributed by atoms with Gasteiger partial charge in [0.25, 0.3) is 10.1 Å². The summed E-state index contributed by atoms with van der Waals surface area (Å²) in [6.45, 7) is 0. The second-order valence-electron chi connectivity index (χ2n) is 2.55. The van der Waals surface area contributed by atoms with Gasteiger partial charge in [0.1, 0.15) is 0 Å². The van der Waals surface area contributed by atoms with Crippen LogP contribution in [0.2, 0.25) is 0 Å². The Morgan fingerprint density at radius 1 is 1.13 bits per heavy atom. The summed E-state index contributed by atoms with van der Waals surface area (Å²) in [6, 6.07) is 9.26. The minimum absolute atomic E-state index is 0.0741. The van der Waals surface area contributed by atoms with Crippen molar-refractivity contribution in [3.8, 4) is 0 Å². The van der Waals surface area contributed by atoms with Crippen molar-refractivity contribution in [2.75, 3.05) is 0 Å². The first kappa shape index (κ1) is 11.4. The molecule has 1 heterocycles. The molecular weight excluding hydrogens is 216 g/mol. The van der Waals surface area contributed by atoms with Crippen LogP contribution in [0.4, 0.5) is 0 Å². The van der Waals surface area contributed by atoms with Gasteiger partial charge in [0, 0.05) is 12.4 Å². The summed E-state index contributed by atoms with van der Waals surface area (Å²) < 4.78 is 29.2. The summed E-state index contributed by atoms with van der Waals surface area (Å²) in [7, 11) is -4.00. The number of nitrogens with zero attached hydrogens (tertiary/aromatic N) is 1. The molecule has 0 amide bonds. The van der Waals surface area contributed by atoms with E-state index in [-0.39, 0.29) is 4.90 Å². The lowest BCUT2D eigenvalue weighted by Crippen LogP contribution is -1.96. The number of hydrogen-bond donors (Lipinski definition) is 2. The maximum atomic E-state index is 10.4. The zero-order valence-corrected chi connectivity index (χ0v) is 8.55. The number of benzene rings is 1. The molecule has 6 heteroatoms. The van der Waals surface area contributed by atoms with Crippen molar-refractivity contribution in [1.29, 1.82) is 0 Å². The SMILES string of the molecule is O=S(=O)(O)c1ccccc1.c1cn[nH]c1. The predicted molar refractivity (Wildman–Crippen MR) is 54.8 cm³/mol. The van der Waals surface area contributed by atoms with Gasteiger partial charge in [-0.2, -0.15) is 13.5 Å². The van der Waals surface area contributed by atoms with Crippen LogP contribution in [0.15, 0.2) is 53.7 Å². The Hall–Kier alpha value is -1.66. The van der Waals surface area contributed by atoms with Gasteiger partial charge in [-0.05, 0) is 18.2 Å². The van der Waals surface area contributed by atoms with Crippen LogP contribution in [0.25, 0.3) is 0 Å². The van der Waals surface area contributed by atoms with Gasteiger partial charge in [0.15, 0.2) is 0 Å². The highest BCUT2D eigenvalue weighted by molar-refractivity contribution is 7.85. The Labute approximate surface area is 87.5 Å². The molecule has 5 nitrogen and oxygen atoms in total. The average molecular weight is 226 g/mol. The number of nitrogens with one attached hydrogen (secondary N) is 1. The van der Waals surface area contributed by atoms with Crippen molar-refractivity contribution in [3.05, 3.63) is 48.8 Å². The predicted octanol–water partition coefficient (Wildman–Crippen LogP) is 1.34. The lowest BCUT2D eigenvalue weighted by molar-refractivity contribution is 0.483. The summed E-state index contributed by atoms with van der Waals surface area (Å²) in [5.74, 6) is 0. The summed E-state index contributed by atoms with van der Waals surface area (Å²) in [6.07, 6.45) is 3.46. The van der Waals surface area contributed by atoms with E-state index < -0.39 is 10.1 Å². The molecule has 0 spiro atoms. The van der Waals surface area contributed by atoms with Crippen molar-refractivity contribution < 1.29 is 13.0 Å². The largest absolute Gasteiger partial charge is 0.294 e. The summed E-state index contributed by atoms with van der Waals surface area (Å²) in [4.78, 5) is -0.0741. The maximum absolute atomic E-state index is 10.4. The summed E-state index contributed by atoms with van der Waals surface area (Å²) in [5.41, 5.74) is 0. The third-order valence-electron chi connectivity index (χ3n) is 1.45. The van der Waals surface area contributed by atoms with Gasteiger partial charge in [0.2, 0.25) is 0 Å². The van der Waals surface area contributed by atoms with Crippen LogP contribution < -0.4 is 0 Å².